The van der Waals surface area contributed by atoms with Crippen molar-refractivity contribution < 1.29 is 14.3 Å². The smallest absolute Gasteiger partial charge is 0.281 e. The zero-order valence-corrected chi connectivity index (χ0v) is 17.3. The molecular formula is C19H24ClN5O3. The van der Waals surface area contributed by atoms with Crippen LogP contribution >= 0.6 is 11.6 Å². The van der Waals surface area contributed by atoms with Gasteiger partial charge in [0, 0.05) is 24.7 Å². The van der Waals surface area contributed by atoms with Crippen molar-refractivity contribution in [3.63, 3.8) is 0 Å². The number of hydrogen-bond donors (Lipinski definition) is 2. The molecule has 1 atom stereocenters. The van der Waals surface area contributed by atoms with Crippen molar-refractivity contribution in [3.05, 3.63) is 35.0 Å². The van der Waals surface area contributed by atoms with E-state index in [4.69, 9.17) is 21.1 Å². The fraction of sp³-hybridized carbons (Fsp3) is 0.421. The number of ether oxygens (including phenoxy) is 2. The lowest BCUT2D eigenvalue weighted by atomic mass is 9.92. The summed E-state index contributed by atoms with van der Waals surface area (Å²) in [5.74, 6) is 0.132. The lowest BCUT2D eigenvalue weighted by Crippen LogP contribution is -2.32. The number of hydrogen-bond acceptors (Lipinski definition) is 5. The number of benzene rings is 1. The number of carbonyl (C=O) groups is 1. The molecule has 0 fully saturated rings. The molecule has 0 saturated carbocycles. The van der Waals surface area contributed by atoms with Crippen LogP contribution < -0.4 is 5.32 Å². The van der Waals surface area contributed by atoms with Crippen LogP contribution in [0.5, 0.6) is 0 Å². The molecule has 28 heavy (non-hydrogen) atoms. The predicted molar refractivity (Wildman–Crippen MR) is 108 cm³/mol. The fourth-order valence-corrected chi connectivity index (χ4v) is 3.23. The Kier molecular flexibility index (Phi) is 5.74. The number of anilines is 1. The lowest BCUT2D eigenvalue weighted by molar-refractivity contribution is -0.158. The number of amides is 1. The van der Waals surface area contributed by atoms with Gasteiger partial charge in [0.25, 0.3) is 5.91 Å². The molecule has 150 valence electrons. The molecule has 1 aromatic carbocycles. The number of fused-ring (bicyclic) bond motifs is 1. The maximum absolute atomic E-state index is 12.4. The Morgan fingerprint density at radius 1 is 1.32 bits per heavy atom. The van der Waals surface area contributed by atoms with Gasteiger partial charge in [-0.3, -0.25) is 4.79 Å². The molecule has 1 unspecified atom stereocenters. The second-order valence-electron chi connectivity index (χ2n) is 7.28. The van der Waals surface area contributed by atoms with E-state index < -0.39 is 12.2 Å². The van der Waals surface area contributed by atoms with E-state index in [1.807, 2.05) is 39.0 Å². The number of halogens is 1. The van der Waals surface area contributed by atoms with Gasteiger partial charge in [0.1, 0.15) is 5.02 Å². The number of H-pyrrole nitrogens is 1. The van der Waals surface area contributed by atoms with Crippen LogP contribution in [0, 0.1) is 0 Å². The Morgan fingerprint density at radius 2 is 2.04 bits per heavy atom. The SMILES string of the molecule is CCOC(OC)C(=O)Nc1ccccc1-c1nn2nc(C(C)(C)C)c(Cl)c2[nH]1. The summed E-state index contributed by atoms with van der Waals surface area (Å²) in [6.07, 6.45) is -0.990. The molecule has 9 heteroatoms. The summed E-state index contributed by atoms with van der Waals surface area (Å²) in [6.45, 7) is 8.27. The number of methoxy groups -OCH3 is 1. The van der Waals surface area contributed by atoms with Crippen LogP contribution in [0.2, 0.25) is 5.02 Å². The average Bonchev–Trinajstić information content (AvgIpc) is 3.19. The number of carbonyl (C=O) groups excluding carboxylic acids is 1. The molecule has 2 aromatic heterocycles. The average molecular weight is 406 g/mol. The van der Waals surface area contributed by atoms with Gasteiger partial charge in [-0.1, -0.05) is 44.5 Å². The number of rotatable bonds is 6. The zero-order chi connectivity index (χ0) is 20.5. The van der Waals surface area contributed by atoms with E-state index in [1.54, 1.807) is 13.0 Å². The van der Waals surface area contributed by atoms with Gasteiger partial charge in [-0.25, -0.2) is 0 Å². The maximum Gasteiger partial charge on any atom is 0.281 e. The number of para-hydroxylation sites is 1. The van der Waals surface area contributed by atoms with Gasteiger partial charge in [-0.15, -0.1) is 9.73 Å². The van der Waals surface area contributed by atoms with Gasteiger partial charge in [0.15, 0.2) is 11.5 Å². The maximum atomic E-state index is 12.4. The lowest BCUT2D eigenvalue weighted by Gasteiger charge is -2.16. The molecule has 0 saturated heterocycles. The van der Waals surface area contributed by atoms with Crippen LogP contribution in [0.4, 0.5) is 5.69 Å². The van der Waals surface area contributed by atoms with Crippen molar-refractivity contribution in [1.29, 1.82) is 0 Å². The first kappa shape index (κ1) is 20.3. The minimum atomic E-state index is -0.990. The predicted octanol–water partition coefficient (Wildman–Crippen LogP) is 3.62. The summed E-state index contributed by atoms with van der Waals surface area (Å²) in [5, 5.41) is 12.4. The first-order valence-electron chi connectivity index (χ1n) is 8.96. The molecule has 8 nitrogen and oxygen atoms in total. The van der Waals surface area contributed by atoms with E-state index in [9.17, 15) is 4.79 Å². The van der Waals surface area contributed by atoms with Crippen molar-refractivity contribution in [2.24, 2.45) is 0 Å². The van der Waals surface area contributed by atoms with E-state index in [0.29, 0.717) is 34.4 Å². The summed E-state index contributed by atoms with van der Waals surface area (Å²) in [5.41, 5.74) is 2.43. The van der Waals surface area contributed by atoms with Crippen molar-refractivity contribution in [2.75, 3.05) is 19.0 Å². The first-order valence-corrected chi connectivity index (χ1v) is 9.33. The van der Waals surface area contributed by atoms with E-state index in [-0.39, 0.29) is 5.41 Å². The monoisotopic (exact) mass is 405 g/mol. The summed E-state index contributed by atoms with van der Waals surface area (Å²) in [7, 11) is 1.42. The Morgan fingerprint density at radius 3 is 2.64 bits per heavy atom. The third-order valence-corrected chi connectivity index (χ3v) is 4.50. The molecule has 0 aliphatic rings. The molecule has 0 aliphatic carbocycles. The summed E-state index contributed by atoms with van der Waals surface area (Å²) < 4.78 is 11.8. The molecule has 0 bridgehead atoms. The highest BCUT2D eigenvalue weighted by molar-refractivity contribution is 6.34. The number of aromatic nitrogens is 4. The molecule has 3 rings (SSSR count). The Bertz CT molecular complexity index is 989. The topological polar surface area (TPSA) is 93.5 Å². The third-order valence-electron chi connectivity index (χ3n) is 4.14. The molecule has 0 radical (unpaired) electrons. The van der Waals surface area contributed by atoms with Crippen molar-refractivity contribution in [1.82, 2.24) is 19.8 Å². The van der Waals surface area contributed by atoms with Crippen LogP contribution in [0.15, 0.2) is 24.3 Å². The quantitative estimate of drug-likeness (QED) is 0.611. The Hall–Kier alpha value is -2.42. The molecule has 1 amide bonds. The second-order valence-corrected chi connectivity index (χ2v) is 7.66. The highest BCUT2D eigenvalue weighted by Gasteiger charge is 2.26. The van der Waals surface area contributed by atoms with Crippen molar-refractivity contribution in [2.45, 2.75) is 39.4 Å². The summed E-state index contributed by atoms with van der Waals surface area (Å²) in [4.78, 5) is 15.6. The van der Waals surface area contributed by atoms with Crippen LogP contribution in [0.1, 0.15) is 33.4 Å². The van der Waals surface area contributed by atoms with Gasteiger partial charge < -0.3 is 19.8 Å². The van der Waals surface area contributed by atoms with E-state index >= 15 is 0 Å². The zero-order valence-electron chi connectivity index (χ0n) is 16.5. The standard InChI is InChI=1S/C19H24ClN5O3/c1-6-28-18(27-5)17(26)21-12-10-8-7-9-11(12)15-22-16-13(20)14(19(2,3)4)23-25(16)24-15/h7-10,18H,6H2,1-5H3,(H,21,26)(H,22,24). The van der Waals surface area contributed by atoms with Gasteiger partial charge >= 0.3 is 0 Å². The van der Waals surface area contributed by atoms with Gasteiger partial charge in [0.05, 0.1) is 11.4 Å². The largest absolute Gasteiger partial charge is 0.348 e. The van der Waals surface area contributed by atoms with E-state index in [0.717, 1.165) is 5.69 Å². The molecule has 3 aromatic rings. The van der Waals surface area contributed by atoms with Crippen molar-refractivity contribution >= 4 is 28.8 Å². The van der Waals surface area contributed by atoms with Crippen LogP contribution in [0.3, 0.4) is 0 Å². The third kappa shape index (κ3) is 3.89. The van der Waals surface area contributed by atoms with Crippen molar-refractivity contribution in [3.8, 4) is 11.4 Å². The summed E-state index contributed by atoms with van der Waals surface area (Å²) in [6, 6.07) is 7.30. The van der Waals surface area contributed by atoms with Crippen LogP contribution in [-0.4, -0.2) is 45.7 Å². The Labute approximate surface area is 168 Å². The molecule has 2 N–H and O–H groups in total. The molecule has 2 heterocycles. The van der Waals surface area contributed by atoms with Crippen LogP contribution in [0.25, 0.3) is 17.0 Å². The van der Waals surface area contributed by atoms with Crippen LogP contribution in [-0.2, 0) is 19.7 Å². The van der Waals surface area contributed by atoms with E-state index in [1.165, 1.54) is 11.7 Å². The Balaban J connectivity index is 1.96. The molecule has 0 spiro atoms. The highest BCUT2D eigenvalue weighted by atomic mass is 35.5. The van der Waals surface area contributed by atoms with Gasteiger partial charge in [-0.05, 0) is 19.1 Å². The summed E-state index contributed by atoms with van der Waals surface area (Å²) >= 11 is 6.50. The fourth-order valence-electron chi connectivity index (χ4n) is 2.79. The van der Waals surface area contributed by atoms with Gasteiger partial charge in [-0.2, -0.15) is 5.10 Å². The minimum Gasteiger partial charge on any atom is -0.348 e. The number of aromatic amines is 1. The normalized spacial score (nSPS) is 13.1. The molecule has 0 aliphatic heterocycles. The molecular weight excluding hydrogens is 382 g/mol. The minimum absolute atomic E-state index is 0.202. The second kappa shape index (κ2) is 7.90. The number of nitrogens with zero attached hydrogens (tertiary/aromatic N) is 3. The highest BCUT2D eigenvalue weighted by Crippen LogP contribution is 2.33. The number of nitrogens with one attached hydrogen (secondary N) is 2. The first-order chi connectivity index (χ1) is 13.3. The van der Waals surface area contributed by atoms with E-state index in [2.05, 4.69) is 20.5 Å². The van der Waals surface area contributed by atoms with Gasteiger partial charge in [0.2, 0.25) is 6.29 Å².